The Morgan fingerprint density at radius 1 is 0.950 bits per heavy atom. The number of nitrogens with one attached hydrogen (secondary N) is 2. The molecule has 0 bridgehead atoms. The van der Waals surface area contributed by atoms with Gasteiger partial charge in [0.25, 0.3) is 0 Å². The van der Waals surface area contributed by atoms with Crippen molar-refractivity contribution in [3.8, 4) is 0 Å². The maximum atomic E-state index is 11.6. The molecule has 0 aromatic heterocycles. The number of rotatable bonds is 8. The van der Waals surface area contributed by atoms with Gasteiger partial charge >= 0.3 is 0 Å². The topological polar surface area (TPSA) is 104 Å². The van der Waals surface area contributed by atoms with Crippen molar-refractivity contribution in [2.75, 3.05) is 11.1 Å². The molecular formula is C14H21N3O3. The monoisotopic (exact) mass is 279 g/mol. The van der Waals surface area contributed by atoms with E-state index in [1.54, 1.807) is 29.7 Å². The zero-order chi connectivity index (χ0) is 14.8. The van der Waals surface area contributed by atoms with Gasteiger partial charge in [0, 0.05) is 24.2 Å². The SMILES string of the molecule is Nc1ccc(NC(=O)CCCCCCC(=O)NO)cc1. The van der Waals surface area contributed by atoms with Crippen LogP contribution in [0.2, 0.25) is 0 Å². The summed E-state index contributed by atoms with van der Waals surface area (Å²) in [5, 5.41) is 11.1. The van der Waals surface area contributed by atoms with Crippen LogP contribution in [0.15, 0.2) is 24.3 Å². The number of nitrogen functional groups attached to an aromatic ring is 1. The number of amides is 2. The molecule has 6 heteroatoms. The highest BCUT2D eigenvalue weighted by Gasteiger charge is 2.03. The van der Waals surface area contributed by atoms with Crippen LogP contribution in [0, 0.1) is 0 Å². The second kappa shape index (κ2) is 8.92. The van der Waals surface area contributed by atoms with E-state index in [1.807, 2.05) is 0 Å². The molecule has 1 aromatic carbocycles. The van der Waals surface area contributed by atoms with Gasteiger partial charge in [-0.3, -0.25) is 14.8 Å². The van der Waals surface area contributed by atoms with Crippen molar-refractivity contribution < 1.29 is 14.8 Å². The molecule has 0 heterocycles. The number of hydrogen-bond acceptors (Lipinski definition) is 4. The molecule has 0 saturated carbocycles. The molecule has 0 unspecified atom stereocenters. The number of benzene rings is 1. The van der Waals surface area contributed by atoms with Gasteiger partial charge in [0.15, 0.2) is 0 Å². The number of anilines is 2. The van der Waals surface area contributed by atoms with Gasteiger partial charge in [0.2, 0.25) is 11.8 Å². The Balaban J connectivity index is 2.08. The molecule has 110 valence electrons. The lowest BCUT2D eigenvalue weighted by atomic mass is 10.1. The molecular weight excluding hydrogens is 258 g/mol. The predicted molar refractivity (Wildman–Crippen MR) is 77.1 cm³/mol. The quantitative estimate of drug-likeness (QED) is 0.253. The molecule has 6 nitrogen and oxygen atoms in total. The summed E-state index contributed by atoms with van der Waals surface area (Å²) in [6, 6.07) is 7.01. The Kier molecular flexibility index (Phi) is 7.13. The van der Waals surface area contributed by atoms with Crippen LogP contribution in [0.4, 0.5) is 11.4 Å². The van der Waals surface area contributed by atoms with Crippen LogP contribution in [0.1, 0.15) is 38.5 Å². The van der Waals surface area contributed by atoms with Crippen LogP contribution in [0.25, 0.3) is 0 Å². The van der Waals surface area contributed by atoms with Gasteiger partial charge < -0.3 is 11.1 Å². The maximum Gasteiger partial charge on any atom is 0.243 e. The molecule has 1 rings (SSSR count). The van der Waals surface area contributed by atoms with E-state index in [0.29, 0.717) is 24.9 Å². The minimum absolute atomic E-state index is 0.0251. The normalized spacial score (nSPS) is 10.1. The summed E-state index contributed by atoms with van der Waals surface area (Å²) in [6.07, 6.45) is 4.01. The zero-order valence-corrected chi connectivity index (χ0v) is 11.4. The van der Waals surface area contributed by atoms with E-state index in [-0.39, 0.29) is 11.8 Å². The standard InChI is InChI=1S/C14H21N3O3/c15-11-7-9-12(10-8-11)16-13(18)5-3-1-2-4-6-14(19)17-20/h7-10,20H,1-6,15H2,(H,16,18)(H,17,19). The van der Waals surface area contributed by atoms with E-state index in [4.69, 9.17) is 10.9 Å². The summed E-state index contributed by atoms with van der Waals surface area (Å²) in [5.41, 5.74) is 8.55. The zero-order valence-electron chi connectivity index (χ0n) is 11.4. The molecule has 0 aliphatic heterocycles. The van der Waals surface area contributed by atoms with Crippen LogP contribution in [-0.2, 0) is 9.59 Å². The fourth-order valence-corrected chi connectivity index (χ4v) is 1.77. The Morgan fingerprint density at radius 3 is 2.05 bits per heavy atom. The molecule has 20 heavy (non-hydrogen) atoms. The Morgan fingerprint density at radius 2 is 1.50 bits per heavy atom. The number of carbonyl (C=O) groups is 2. The lowest BCUT2D eigenvalue weighted by molar-refractivity contribution is -0.129. The first-order chi connectivity index (χ1) is 9.61. The summed E-state index contributed by atoms with van der Waals surface area (Å²) < 4.78 is 0. The number of hydroxylamine groups is 1. The van der Waals surface area contributed by atoms with Crippen molar-refractivity contribution in [3.63, 3.8) is 0 Å². The number of hydrogen-bond donors (Lipinski definition) is 4. The summed E-state index contributed by atoms with van der Waals surface area (Å²) in [6.45, 7) is 0. The minimum Gasteiger partial charge on any atom is -0.399 e. The predicted octanol–water partition coefficient (Wildman–Crippen LogP) is 2.05. The molecule has 0 fully saturated rings. The van der Waals surface area contributed by atoms with Gasteiger partial charge in [0.05, 0.1) is 0 Å². The molecule has 0 atom stereocenters. The molecule has 5 N–H and O–H groups in total. The molecule has 0 saturated heterocycles. The fourth-order valence-electron chi connectivity index (χ4n) is 1.77. The van der Waals surface area contributed by atoms with Gasteiger partial charge in [-0.05, 0) is 37.1 Å². The molecule has 2 amide bonds. The Bertz CT molecular complexity index is 432. The highest BCUT2D eigenvalue weighted by Crippen LogP contribution is 2.12. The smallest absolute Gasteiger partial charge is 0.243 e. The van der Waals surface area contributed by atoms with Crippen LogP contribution in [0.5, 0.6) is 0 Å². The first-order valence-corrected chi connectivity index (χ1v) is 6.70. The van der Waals surface area contributed by atoms with Crippen LogP contribution < -0.4 is 16.5 Å². The highest BCUT2D eigenvalue weighted by molar-refractivity contribution is 5.90. The third-order valence-corrected chi connectivity index (χ3v) is 2.88. The van der Waals surface area contributed by atoms with Gasteiger partial charge in [-0.2, -0.15) is 0 Å². The summed E-state index contributed by atoms with van der Waals surface area (Å²) in [5.74, 6) is -0.394. The fraction of sp³-hybridized carbons (Fsp3) is 0.429. The highest BCUT2D eigenvalue weighted by atomic mass is 16.5. The van der Waals surface area contributed by atoms with Gasteiger partial charge in [-0.1, -0.05) is 12.8 Å². The number of unbranched alkanes of at least 4 members (excludes halogenated alkanes) is 3. The third-order valence-electron chi connectivity index (χ3n) is 2.88. The van der Waals surface area contributed by atoms with Crippen molar-refractivity contribution in [1.82, 2.24) is 5.48 Å². The van der Waals surface area contributed by atoms with E-state index in [9.17, 15) is 9.59 Å². The summed E-state index contributed by atoms with van der Waals surface area (Å²) in [4.78, 5) is 22.4. The average molecular weight is 279 g/mol. The van der Waals surface area contributed by atoms with E-state index >= 15 is 0 Å². The van der Waals surface area contributed by atoms with Crippen LogP contribution >= 0.6 is 0 Å². The molecule has 0 spiro atoms. The average Bonchev–Trinajstić information content (AvgIpc) is 2.44. The Hall–Kier alpha value is -2.08. The minimum atomic E-state index is -0.369. The lowest BCUT2D eigenvalue weighted by Crippen LogP contribution is -2.17. The first kappa shape index (κ1) is 16.0. The number of nitrogens with two attached hydrogens (primary N) is 1. The van der Waals surface area contributed by atoms with E-state index in [1.165, 1.54) is 0 Å². The summed E-state index contributed by atoms with van der Waals surface area (Å²) in [7, 11) is 0. The second-order valence-electron chi connectivity index (χ2n) is 4.62. The van der Waals surface area contributed by atoms with Crippen molar-refractivity contribution in [3.05, 3.63) is 24.3 Å². The second-order valence-corrected chi connectivity index (χ2v) is 4.62. The lowest BCUT2D eigenvalue weighted by Gasteiger charge is -2.05. The third kappa shape index (κ3) is 6.75. The van der Waals surface area contributed by atoms with Crippen molar-refractivity contribution in [1.29, 1.82) is 0 Å². The first-order valence-electron chi connectivity index (χ1n) is 6.70. The van der Waals surface area contributed by atoms with Crippen molar-refractivity contribution in [2.45, 2.75) is 38.5 Å². The van der Waals surface area contributed by atoms with Crippen molar-refractivity contribution in [2.24, 2.45) is 0 Å². The molecule has 0 aliphatic carbocycles. The van der Waals surface area contributed by atoms with Gasteiger partial charge in [0.1, 0.15) is 0 Å². The largest absolute Gasteiger partial charge is 0.399 e. The van der Waals surface area contributed by atoms with Crippen LogP contribution in [-0.4, -0.2) is 17.0 Å². The summed E-state index contributed by atoms with van der Waals surface area (Å²) >= 11 is 0. The molecule has 0 radical (unpaired) electrons. The maximum absolute atomic E-state index is 11.6. The number of carbonyl (C=O) groups excluding carboxylic acids is 2. The van der Waals surface area contributed by atoms with Crippen LogP contribution in [0.3, 0.4) is 0 Å². The van der Waals surface area contributed by atoms with Crippen molar-refractivity contribution >= 4 is 23.2 Å². The molecule has 1 aromatic rings. The van der Waals surface area contributed by atoms with E-state index in [2.05, 4.69) is 5.32 Å². The Labute approximate surface area is 118 Å². The molecule has 0 aliphatic rings. The van der Waals surface area contributed by atoms with Gasteiger partial charge in [-0.15, -0.1) is 0 Å². The van der Waals surface area contributed by atoms with E-state index < -0.39 is 0 Å². The van der Waals surface area contributed by atoms with Gasteiger partial charge in [-0.25, -0.2) is 5.48 Å². The van der Waals surface area contributed by atoms with E-state index in [0.717, 1.165) is 24.9 Å².